The van der Waals surface area contributed by atoms with E-state index in [1.807, 2.05) is 6.07 Å². The number of nitrogens with zero attached hydrogens (tertiary/aromatic N) is 2. The van der Waals surface area contributed by atoms with E-state index in [0.717, 1.165) is 44.3 Å². The summed E-state index contributed by atoms with van der Waals surface area (Å²) < 4.78 is 11.3. The molecule has 0 saturated heterocycles. The summed E-state index contributed by atoms with van der Waals surface area (Å²) in [6.45, 7) is 0. The lowest BCUT2D eigenvalue weighted by atomic mass is 9.98. The lowest BCUT2D eigenvalue weighted by Crippen LogP contribution is -1.94. The number of hydrogen-bond acceptors (Lipinski definition) is 1. The molecule has 12 aromatic rings. The Hall–Kier alpha value is -7.36. The Balaban J connectivity index is 0.997. The lowest BCUT2D eigenvalue weighted by Gasteiger charge is -2.11. The summed E-state index contributed by atoms with van der Waals surface area (Å²) >= 11 is 0. The van der Waals surface area contributed by atoms with Crippen LogP contribution in [0.25, 0.3) is 110 Å². The molecule has 55 heavy (non-hydrogen) atoms. The second kappa shape index (κ2) is 11.6. The molecule has 0 N–H and O–H groups in total. The molecular formula is C52H32N2O. The first-order valence-electron chi connectivity index (χ1n) is 18.8. The molecule has 3 aromatic heterocycles. The van der Waals surface area contributed by atoms with Gasteiger partial charge in [-0.3, -0.25) is 0 Å². The van der Waals surface area contributed by atoms with E-state index in [9.17, 15) is 0 Å². The van der Waals surface area contributed by atoms with Crippen molar-refractivity contribution in [2.75, 3.05) is 0 Å². The van der Waals surface area contributed by atoms with Gasteiger partial charge in [0.15, 0.2) is 5.58 Å². The topological polar surface area (TPSA) is 23.0 Å². The Bertz CT molecular complexity index is 3480. The summed E-state index contributed by atoms with van der Waals surface area (Å²) in [5.74, 6) is 0. The maximum absolute atomic E-state index is 6.53. The minimum Gasteiger partial charge on any atom is -0.454 e. The molecule has 0 fully saturated rings. The zero-order valence-corrected chi connectivity index (χ0v) is 29.8. The average molecular weight is 701 g/mol. The van der Waals surface area contributed by atoms with E-state index in [1.165, 1.54) is 65.6 Å². The summed E-state index contributed by atoms with van der Waals surface area (Å²) in [6, 6.07) is 70.3. The van der Waals surface area contributed by atoms with Gasteiger partial charge in [0.2, 0.25) is 0 Å². The maximum atomic E-state index is 6.53. The third-order valence-corrected chi connectivity index (χ3v) is 11.5. The van der Waals surface area contributed by atoms with Crippen LogP contribution in [0.1, 0.15) is 0 Å². The van der Waals surface area contributed by atoms with Gasteiger partial charge in [-0.25, -0.2) is 0 Å². The van der Waals surface area contributed by atoms with Crippen molar-refractivity contribution < 1.29 is 4.42 Å². The number of fused-ring (bicyclic) bond motifs is 10. The molecule has 3 heterocycles. The predicted octanol–water partition coefficient (Wildman–Crippen LogP) is 14.3. The van der Waals surface area contributed by atoms with Crippen LogP contribution in [-0.2, 0) is 0 Å². The van der Waals surface area contributed by atoms with Crippen LogP contribution in [0.3, 0.4) is 0 Å². The normalized spacial score (nSPS) is 12.0. The highest BCUT2D eigenvalue weighted by Gasteiger charge is 2.19. The van der Waals surface area contributed by atoms with Gasteiger partial charge in [-0.15, -0.1) is 0 Å². The van der Waals surface area contributed by atoms with Crippen molar-refractivity contribution in [3.8, 4) is 33.6 Å². The van der Waals surface area contributed by atoms with Gasteiger partial charge in [-0.2, -0.15) is 0 Å². The molecule has 12 rings (SSSR count). The maximum Gasteiger partial charge on any atom is 0.159 e. The molecule has 0 aliphatic heterocycles. The van der Waals surface area contributed by atoms with Crippen LogP contribution in [0.5, 0.6) is 0 Å². The fraction of sp³-hybridized carbons (Fsp3) is 0. The van der Waals surface area contributed by atoms with E-state index in [-0.39, 0.29) is 0 Å². The van der Waals surface area contributed by atoms with Gasteiger partial charge in [0.25, 0.3) is 0 Å². The molecule has 0 spiro atoms. The summed E-state index contributed by atoms with van der Waals surface area (Å²) in [4.78, 5) is 0. The van der Waals surface area contributed by atoms with Crippen LogP contribution in [0, 0.1) is 0 Å². The van der Waals surface area contributed by atoms with Crippen molar-refractivity contribution >= 4 is 76.3 Å². The molecule has 0 aliphatic rings. The monoisotopic (exact) mass is 700 g/mol. The lowest BCUT2D eigenvalue weighted by molar-refractivity contribution is 0.666. The van der Waals surface area contributed by atoms with E-state index in [1.54, 1.807) is 0 Å². The Morgan fingerprint density at radius 2 is 0.855 bits per heavy atom. The summed E-state index contributed by atoms with van der Waals surface area (Å²) in [7, 11) is 0. The molecule has 0 amide bonds. The molecule has 3 heteroatoms. The highest BCUT2D eigenvalue weighted by atomic mass is 16.3. The first-order valence-corrected chi connectivity index (χ1v) is 18.8. The fourth-order valence-electron chi connectivity index (χ4n) is 9.02. The minimum absolute atomic E-state index is 0.903. The SMILES string of the molecule is c1ccc2c(-c3ccc(-n4c5ccccc5c5cc(-c6ccc7c(c6)c6ccccc6n7-c6cccc7c6oc6ccccc67)ccc54)cc3)cccc2c1. The van der Waals surface area contributed by atoms with E-state index in [4.69, 9.17) is 4.42 Å². The van der Waals surface area contributed by atoms with Gasteiger partial charge in [-0.05, 0) is 93.7 Å². The van der Waals surface area contributed by atoms with Gasteiger partial charge in [0.05, 0.1) is 27.8 Å². The van der Waals surface area contributed by atoms with Crippen LogP contribution in [-0.4, -0.2) is 9.13 Å². The highest BCUT2D eigenvalue weighted by molar-refractivity contribution is 6.14. The highest BCUT2D eigenvalue weighted by Crippen LogP contribution is 2.41. The average Bonchev–Trinajstić information content (AvgIpc) is 3.91. The van der Waals surface area contributed by atoms with Crippen molar-refractivity contribution in [1.29, 1.82) is 0 Å². The summed E-state index contributed by atoms with van der Waals surface area (Å²) in [5, 5.41) is 9.72. The summed E-state index contributed by atoms with van der Waals surface area (Å²) in [6.07, 6.45) is 0. The van der Waals surface area contributed by atoms with Gasteiger partial charge < -0.3 is 13.6 Å². The van der Waals surface area contributed by atoms with Crippen LogP contribution in [0.15, 0.2) is 199 Å². The molecule has 3 nitrogen and oxygen atoms in total. The molecule has 0 bridgehead atoms. The van der Waals surface area contributed by atoms with Crippen molar-refractivity contribution in [2.45, 2.75) is 0 Å². The quantitative estimate of drug-likeness (QED) is 0.179. The van der Waals surface area contributed by atoms with Crippen molar-refractivity contribution in [3.05, 3.63) is 194 Å². The third kappa shape index (κ3) is 4.44. The second-order valence-corrected chi connectivity index (χ2v) is 14.5. The molecule has 0 radical (unpaired) electrons. The Morgan fingerprint density at radius 3 is 1.60 bits per heavy atom. The standard InChI is InChI=1S/C52H32N2O/c1-2-13-38-33(11-1)12-9-17-39(38)34-23-27-37(28-24-34)53-46-19-6-3-14-40(46)44-31-35(25-29-48(44)53)36-26-30-49-45(32-36)41-15-4-7-20-47(41)54(49)50-21-10-18-43-42-16-5-8-22-51(42)55-52(43)50/h1-32H. The first kappa shape index (κ1) is 30.1. The van der Waals surface area contributed by atoms with E-state index in [2.05, 4.69) is 197 Å². The van der Waals surface area contributed by atoms with Gasteiger partial charge in [0.1, 0.15) is 5.58 Å². The molecule has 0 aliphatic carbocycles. The number of para-hydroxylation sites is 4. The minimum atomic E-state index is 0.903. The Kier molecular flexibility index (Phi) is 6.34. The van der Waals surface area contributed by atoms with E-state index in [0.29, 0.717) is 0 Å². The zero-order valence-electron chi connectivity index (χ0n) is 29.8. The molecule has 9 aromatic carbocycles. The van der Waals surface area contributed by atoms with Crippen LogP contribution >= 0.6 is 0 Å². The van der Waals surface area contributed by atoms with Crippen molar-refractivity contribution in [1.82, 2.24) is 9.13 Å². The number of hydrogen-bond donors (Lipinski definition) is 0. The predicted molar refractivity (Wildman–Crippen MR) is 231 cm³/mol. The third-order valence-electron chi connectivity index (χ3n) is 11.5. The van der Waals surface area contributed by atoms with Gasteiger partial charge >= 0.3 is 0 Å². The number of benzene rings is 9. The second-order valence-electron chi connectivity index (χ2n) is 14.5. The Labute approximate surface area is 316 Å². The number of rotatable bonds is 4. The van der Waals surface area contributed by atoms with Crippen LogP contribution in [0.4, 0.5) is 0 Å². The van der Waals surface area contributed by atoms with E-state index < -0.39 is 0 Å². The van der Waals surface area contributed by atoms with Crippen LogP contribution in [0.2, 0.25) is 0 Å². The fourth-order valence-corrected chi connectivity index (χ4v) is 9.02. The number of aromatic nitrogens is 2. The molecule has 0 unspecified atom stereocenters. The van der Waals surface area contributed by atoms with Gasteiger partial charge in [-0.1, -0.05) is 133 Å². The smallest absolute Gasteiger partial charge is 0.159 e. The molecule has 256 valence electrons. The summed E-state index contributed by atoms with van der Waals surface area (Å²) in [5.41, 5.74) is 13.6. The molecule has 0 atom stereocenters. The first-order chi connectivity index (χ1) is 27.3. The largest absolute Gasteiger partial charge is 0.454 e. The van der Waals surface area contributed by atoms with Crippen LogP contribution < -0.4 is 0 Å². The van der Waals surface area contributed by atoms with E-state index >= 15 is 0 Å². The van der Waals surface area contributed by atoms with Gasteiger partial charge in [0, 0.05) is 38.0 Å². The van der Waals surface area contributed by atoms with Crippen molar-refractivity contribution in [2.24, 2.45) is 0 Å². The molecule has 0 saturated carbocycles. The van der Waals surface area contributed by atoms with Crippen molar-refractivity contribution in [3.63, 3.8) is 0 Å². The number of furan rings is 1. The zero-order chi connectivity index (χ0) is 36.0. The molecular weight excluding hydrogens is 669 g/mol. The Morgan fingerprint density at radius 1 is 0.327 bits per heavy atom.